The standard InChI is InChI=1S/C14H17N3/c1-16(2)13-7-4-12(5-8-13)6-9-14-15-10-11-17(14)3/h4-11H,1-3H3/b9-6+. The third kappa shape index (κ3) is 2.75. The molecule has 88 valence electrons. The van der Waals surface area contributed by atoms with Crippen LogP contribution in [0.1, 0.15) is 11.4 Å². The van der Waals surface area contributed by atoms with Gasteiger partial charge in [0.2, 0.25) is 0 Å². The second-order valence-electron chi connectivity index (χ2n) is 4.22. The predicted molar refractivity (Wildman–Crippen MR) is 72.9 cm³/mol. The Morgan fingerprint density at radius 1 is 1.12 bits per heavy atom. The Bertz CT molecular complexity index is 507. The molecule has 0 N–H and O–H groups in total. The van der Waals surface area contributed by atoms with E-state index in [0.717, 1.165) is 5.82 Å². The zero-order chi connectivity index (χ0) is 12.3. The fraction of sp³-hybridized carbons (Fsp3) is 0.214. The monoisotopic (exact) mass is 227 g/mol. The number of aromatic nitrogens is 2. The highest BCUT2D eigenvalue weighted by Crippen LogP contribution is 2.14. The Morgan fingerprint density at radius 3 is 2.35 bits per heavy atom. The fourth-order valence-corrected chi connectivity index (χ4v) is 1.59. The summed E-state index contributed by atoms with van der Waals surface area (Å²) in [5.41, 5.74) is 2.39. The number of nitrogens with zero attached hydrogens (tertiary/aromatic N) is 3. The zero-order valence-corrected chi connectivity index (χ0v) is 10.5. The van der Waals surface area contributed by atoms with Gasteiger partial charge in [-0.15, -0.1) is 0 Å². The van der Waals surface area contributed by atoms with E-state index in [1.54, 1.807) is 6.20 Å². The van der Waals surface area contributed by atoms with Crippen LogP contribution in [-0.4, -0.2) is 23.6 Å². The first-order valence-corrected chi connectivity index (χ1v) is 5.59. The third-order valence-corrected chi connectivity index (χ3v) is 2.69. The Balaban J connectivity index is 2.14. The number of imidazole rings is 1. The molecule has 0 fully saturated rings. The van der Waals surface area contributed by atoms with Crippen molar-refractivity contribution in [3.63, 3.8) is 0 Å². The molecule has 1 aromatic heterocycles. The summed E-state index contributed by atoms with van der Waals surface area (Å²) in [5, 5.41) is 0. The highest BCUT2D eigenvalue weighted by atomic mass is 15.1. The van der Waals surface area contributed by atoms with Gasteiger partial charge in [-0.2, -0.15) is 0 Å². The number of benzene rings is 1. The average Bonchev–Trinajstić information content (AvgIpc) is 2.73. The summed E-state index contributed by atoms with van der Waals surface area (Å²) in [4.78, 5) is 6.33. The number of anilines is 1. The lowest BCUT2D eigenvalue weighted by molar-refractivity contribution is 0.898. The molecular weight excluding hydrogens is 210 g/mol. The Morgan fingerprint density at radius 2 is 1.82 bits per heavy atom. The molecule has 0 aliphatic carbocycles. The number of hydrogen-bond donors (Lipinski definition) is 0. The predicted octanol–water partition coefficient (Wildman–Crippen LogP) is 2.66. The van der Waals surface area contributed by atoms with Gasteiger partial charge in [0, 0.05) is 39.2 Å². The molecule has 0 saturated carbocycles. The zero-order valence-electron chi connectivity index (χ0n) is 10.5. The maximum Gasteiger partial charge on any atom is 0.132 e. The molecule has 1 heterocycles. The summed E-state index contributed by atoms with van der Waals surface area (Å²) < 4.78 is 1.99. The molecular formula is C14H17N3. The minimum Gasteiger partial charge on any atom is -0.378 e. The van der Waals surface area contributed by atoms with Gasteiger partial charge in [0.25, 0.3) is 0 Å². The lowest BCUT2D eigenvalue weighted by atomic mass is 10.2. The Labute approximate surface area is 102 Å². The Kier molecular flexibility index (Phi) is 3.28. The van der Waals surface area contributed by atoms with Crippen molar-refractivity contribution < 1.29 is 0 Å². The second kappa shape index (κ2) is 4.87. The quantitative estimate of drug-likeness (QED) is 0.803. The van der Waals surface area contributed by atoms with Crippen LogP contribution >= 0.6 is 0 Å². The molecule has 0 saturated heterocycles. The average molecular weight is 227 g/mol. The molecule has 3 nitrogen and oxygen atoms in total. The second-order valence-corrected chi connectivity index (χ2v) is 4.22. The van der Waals surface area contributed by atoms with E-state index in [0.29, 0.717) is 0 Å². The van der Waals surface area contributed by atoms with E-state index >= 15 is 0 Å². The van der Waals surface area contributed by atoms with Crippen molar-refractivity contribution in [2.24, 2.45) is 7.05 Å². The van der Waals surface area contributed by atoms with E-state index in [1.807, 2.05) is 38.0 Å². The van der Waals surface area contributed by atoms with Crippen LogP contribution in [0.25, 0.3) is 12.2 Å². The van der Waals surface area contributed by atoms with Gasteiger partial charge < -0.3 is 9.47 Å². The van der Waals surface area contributed by atoms with Crippen LogP contribution in [0.2, 0.25) is 0 Å². The lowest BCUT2D eigenvalue weighted by Gasteiger charge is -2.11. The molecule has 0 atom stereocenters. The van der Waals surface area contributed by atoms with Gasteiger partial charge in [-0.25, -0.2) is 4.98 Å². The van der Waals surface area contributed by atoms with E-state index in [9.17, 15) is 0 Å². The molecule has 0 aliphatic rings. The van der Waals surface area contributed by atoms with Crippen LogP contribution in [0.3, 0.4) is 0 Å². The maximum absolute atomic E-state index is 4.24. The van der Waals surface area contributed by atoms with Gasteiger partial charge in [0.05, 0.1) is 0 Å². The van der Waals surface area contributed by atoms with Crippen LogP contribution in [0.15, 0.2) is 36.7 Å². The van der Waals surface area contributed by atoms with Crippen LogP contribution < -0.4 is 4.90 Å². The van der Waals surface area contributed by atoms with Crippen LogP contribution in [0.4, 0.5) is 5.69 Å². The van der Waals surface area contributed by atoms with Crippen molar-refractivity contribution >= 4 is 17.8 Å². The highest BCUT2D eigenvalue weighted by Gasteiger charge is 1.95. The first-order valence-electron chi connectivity index (χ1n) is 5.59. The molecule has 17 heavy (non-hydrogen) atoms. The van der Waals surface area contributed by atoms with Gasteiger partial charge >= 0.3 is 0 Å². The minimum absolute atomic E-state index is 0.960. The topological polar surface area (TPSA) is 21.1 Å². The highest BCUT2D eigenvalue weighted by molar-refractivity contribution is 5.68. The van der Waals surface area contributed by atoms with E-state index in [2.05, 4.69) is 40.2 Å². The molecule has 3 heteroatoms. The maximum atomic E-state index is 4.24. The van der Waals surface area contributed by atoms with Gasteiger partial charge in [-0.1, -0.05) is 18.2 Å². The molecule has 0 aliphatic heterocycles. The van der Waals surface area contributed by atoms with Crippen LogP contribution in [0.5, 0.6) is 0 Å². The fourth-order valence-electron chi connectivity index (χ4n) is 1.59. The Hall–Kier alpha value is -2.03. The number of hydrogen-bond acceptors (Lipinski definition) is 2. The van der Waals surface area contributed by atoms with Crippen molar-refractivity contribution in [2.75, 3.05) is 19.0 Å². The van der Waals surface area contributed by atoms with E-state index < -0.39 is 0 Å². The molecule has 1 aromatic carbocycles. The summed E-state index contributed by atoms with van der Waals surface area (Å²) in [7, 11) is 6.07. The molecule has 0 radical (unpaired) electrons. The largest absolute Gasteiger partial charge is 0.378 e. The number of aryl methyl sites for hydroxylation is 1. The SMILES string of the molecule is CN(C)c1ccc(/C=C/c2nccn2C)cc1. The van der Waals surface area contributed by atoms with Gasteiger partial charge in [-0.3, -0.25) is 0 Å². The smallest absolute Gasteiger partial charge is 0.132 e. The van der Waals surface area contributed by atoms with Crippen molar-refractivity contribution in [1.29, 1.82) is 0 Å². The normalized spacial score (nSPS) is 11.0. The summed E-state index contributed by atoms with van der Waals surface area (Å²) >= 11 is 0. The lowest BCUT2D eigenvalue weighted by Crippen LogP contribution is -2.07. The van der Waals surface area contributed by atoms with Gasteiger partial charge in [0.15, 0.2) is 0 Å². The molecule has 2 aromatic rings. The molecule has 0 spiro atoms. The van der Waals surface area contributed by atoms with Crippen molar-refractivity contribution in [1.82, 2.24) is 9.55 Å². The van der Waals surface area contributed by atoms with Crippen LogP contribution in [-0.2, 0) is 7.05 Å². The van der Waals surface area contributed by atoms with E-state index in [4.69, 9.17) is 0 Å². The molecule has 0 bridgehead atoms. The molecule has 0 unspecified atom stereocenters. The van der Waals surface area contributed by atoms with E-state index in [-0.39, 0.29) is 0 Å². The van der Waals surface area contributed by atoms with Crippen molar-refractivity contribution in [3.8, 4) is 0 Å². The first-order chi connectivity index (χ1) is 8.16. The van der Waals surface area contributed by atoms with Gasteiger partial charge in [0.1, 0.15) is 5.82 Å². The number of rotatable bonds is 3. The third-order valence-electron chi connectivity index (χ3n) is 2.69. The summed E-state index contributed by atoms with van der Waals surface area (Å²) in [6, 6.07) is 8.43. The minimum atomic E-state index is 0.960. The summed E-state index contributed by atoms with van der Waals surface area (Å²) in [6.07, 6.45) is 7.83. The summed E-state index contributed by atoms with van der Waals surface area (Å²) in [5.74, 6) is 0.960. The van der Waals surface area contributed by atoms with Crippen molar-refractivity contribution in [3.05, 3.63) is 48.0 Å². The van der Waals surface area contributed by atoms with Crippen molar-refractivity contribution in [2.45, 2.75) is 0 Å². The summed E-state index contributed by atoms with van der Waals surface area (Å²) in [6.45, 7) is 0. The first kappa shape index (κ1) is 11.5. The molecule has 0 amide bonds. The van der Waals surface area contributed by atoms with Crippen LogP contribution in [0, 0.1) is 0 Å². The van der Waals surface area contributed by atoms with E-state index in [1.165, 1.54) is 11.3 Å². The van der Waals surface area contributed by atoms with Gasteiger partial charge in [-0.05, 0) is 23.8 Å². The molecule has 2 rings (SSSR count).